The van der Waals surface area contributed by atoms with Crippen LogP contribution in [0.15, 0.2) is 46.9 Å². The maximum Gasteiger partial charge on any atom is 0.254 e. The van der Waals surface area contributed by atoms with Gasteiger partial charge >= 0.3 is 0 Å². The number of hydrogen-bond donors (Lipinski definition) is 1. The van der Waals surface area contributed by atoms with Gasteiger partial charge in [0, 0.05) is 11.5 Å². The number of imidazole rings is 1. The summed E-state index contributed by atoms with van der Waals surface area (Å²) in [6.07, 6.45) is 0. The van der Waals surface area contributed by atoms with Crippen LogP contribution in [-0.4, -0.2) is 15.5 Å². The first-order valence-corrected chi connectivity index (χ1v) is 7.49. The van der Waals surface area contributed by atoms with Gasteiger partial charge in [0.25, 0.3) is 5.91 Å². The summed E-state index contributed by atoms with van der Waals surface area (Å²) in [5.41, 5.74) is 1.86. The number of halogens is 2. The van der Waals surface area contributed by atoms with Gasteiger partial charge in [-0.05, 0) is 30.3 Å². The number of nitrogens with one attached hydrogen (secondary N) is 1. The number of aryl methyl sites for hydroxylation is 1. The molecular formula is C16H13BrFN3O. The molecule has 0 radical (unpaired) electrons. The lowest BCUT2D eigenvalue weighted by Crippen LogP contribution is -2.25. The number of nitrogens with zero attached hydrogens (tertiary/aromatic N) is 2. The molecule has 1 N–H and O–H groups in total. The second-order valence-corrected chi connectivity index (χ2v) is 5.80. The minimum absolute atomic E-state index is 0.00754. The van der Waals surface area contributed by atoms with Crippen LogP contribution in [0.25, 0.3) is 11.0 Å². The highest BCUT2D eigenvalue weighted by Crippen LogP contribution is 2.16. The van der Waals surface area contributed by atoms with E-state index in [2.05, 4.69) is 26.2 Å². The molecule has 0 aliphatic carbocycles. The van der Waals surface area contributed by atoms with Crippen molar-refractivity contribution in [3.8, 4) is 0 Å². The van der Waals surface area contributed by atoms with E-state index in [0.717, 1.165) is 11.0 Å². The minimum Gasteiger partial charge on any atom is -0.345 e. The summed E-state index contributed by atoms with van der Waals surface area (Å²) in [4.78, 5) is 16.6. The molecule has 0 aliphatic heterocycles. The van der Waals surface area contributed by atoms with Crippen molar-refractivity contribution >= 4 is 32.9 Å². The molecule has 0 unspecified atom stereocenters. The lowest BCUT2D eigenvalue weighted by atomic mass is 10.2. The zero-order valence-electron chi connectivity index (χ0n) is 11.8. The molecule has 0 spiro atoms. The lowest BCUT2D eigenvalue weighted by Gasteiger charge is -2.07. The standard InChI is InChI=1S/C16H13BrFN3O/c1-21-14-5-3-2-4-13(14)20-15(21)9-19-16(22)11-8-10(17)6-7-12(11)18/h2-8H,9H2,1H3,(H,19,22). The van der Waals surface area contributed by atoms with Crippen LogP contribution >= 0.6 is 15.9 Å². The van der Waals surface area contributed by atoms with Gasteiger partial charge in [0.15, 0.2) is 0 Å². The first kappa shape index (κ1) is 14.7. The number of aromatic nitrogens is 2. The van der Waals surface area contributed by atoms with E-state index in [1.165, 1.54) is 12.1 Å². The van der Waals surface area contributed by atoms with E-state index >= 15 is 0 Å². The zero-order chi connectivity index (χ0) is 15.7. The molecule has 112 valence electrons. The number of amides is 1. The third kappa shape index (κ3) is 2.74. The molecule has 0 saturated heterocycles. The molecule has 0 aliphatic rings. The lowest BCUT2D eigenvalue weighted by molar-refractivity contribution is 0.0945. The van der Waals surface area contributed by atoms with Crippen LogP contribution in [-0.2, 0) is 13.6 Å². The average molecular weight is 362 g/mol. The third-order valence-electron chi connectivity index (χ3n) is 3.46. The van der Waals surface area contributed by atoms with Crippen molar-refractivity contribution in [2.45, 2.75) is 6.54 Å². The number of rotatable bonds is 3. The molecule has 0 fully saturated rings. The van der Waals surface area contributed by atoms with E-state index < -0.39 is 11.7 Å². The Balaban J connectivity index is 1.80. The van der Waals surface area contributed by atoms with Crippen molar-refractivity contribution in [2.24, 2.45) is 7.05 Å². The fourth-order valence-electron chi connectivity index (χ4n) is 2.28. The molecule has 22 heavy (non-hydrogen) atoms. The normalized spacial score (nSPS) is 10.9. The summed E-state index contributed by atoms with van der Waals surface area (Å²) in [7, 11) is 1.89. The van der Waals surface area contributed by atoms with Crippen molar-refractivity contribution in [3.05, 3.63) is 64.1 Å². The van der Waals surface area contributed by atoms with Gasteiger partial charge < -0.3 is 9.88 Å². The molecule has 1 heterocycles. The van der Waals surface area contributed by atoms with Crippen LogP contribution in [0.3, 0.4) is 0 Å². The third-order valence-corrected chi connectivity index (χ3v) is 3.95. The molecule has 6 heteroatoms. The number of hydrogen-bond acceptors (Lipinski definition) is 2. The Morgan fingerprint density at radius 2 is 2.09 bits per heavy atom. The van der Waals surface area contributed by atoms with E-state index in [0.29, 0.717) is 10.3 Å². The molecule has 0 atom stereocenters. The number of para-hydroxylation sites is 2. The van der Waals surface area contributed by atoms with Crippen molar-refractivity contribution in [1.82, 2.24) is 14.9 Å². The maximum absolute atomic E-state index is 13.7. The topological polar surface area (TPSA) is 46.9 Å². The second kappa shape index (κ2) is 5.88. The minimum atomic E-state index is -0.550. The van der Waals surface area contributed by atoms with Crippen LogP contribution in [0.5, 0.6) is 0 Å². The molecule has 1 amide bonds. The fourth-order valence-corrected chi connectivity index (χ4v) is 2.64. The van der Waals surface area contributed by atoms with Crippen LogP contribution < -0.4 is 5.32 Å². The molecule has 1 aromatic heterocycles. The molecule has 0 bridgehead atoms. The van der Waals surface area contributed by atoms with Gasteiger partial charge in [-0.3, -0.25) is 4.79 Å². The molecule has 2 aromatic carbocycles. The zero-order valence-corrected chi connectivity index (χ0v) is 13.4. The van der Waals surface area contributed by atoms with Crippen LogP contribution in [0, 0.1) is 5.82 Å². The molecular weight excluding hydrogens is 349 g/mol. The number of fused-ring (bicyclic) bond motifs is 1. The molecule has 3 rings (SSSR count). The Morgan fingerprint density at radius 3 is 2.86 bits per heavy atom. The number of benzene rings is 2. The SMILES string of the molecule is Cn1c(CNC(=O)c2cc(Br)ccc2F)nc2ccccc21. The van der Waals surface area contributed by atoms with Gasteiger partial charge in [0.05, 0.1) is 23.1 Å². The number of carbonyl (C=O) groups excluding carboxylic acids is 1. The predicted molar refractivity (Wildman–Crippen MR) is 86.0 cm³/mol. The predicted octanol–water partition coefficient (Wildman–Crippen LogP) is 3.40. The maximum atomic E-state index is 13.7. The Hall–Kier alpha value is -2.21. The van der Waals surface area contributed by atoms with Gasteiger partial charge in [0.1, 0.15) is 11.6 Å². The fraction of sp³-hybridized carbons (Fsp3) is 0.125. The Morgan fingerprint density at radius 1 is 1.32 bits per heavy atom. The highest BCUT2D eigenvalue weighted by Gasteiger charge is 2.13. The van der Waals surface area contributed by atoms with Crippen molar-refractivity contribution in [1.29, 1.82) is 0 Å². The molecule has 3 aromatic rings. The summed E-state index contributed by atoms with van der Waals surface area (Å²) < 4.78 is 16.3. The van der Waals surface area contributed by atoms with Crippen LogP contribution in [0.2, 0.25) is 0 Å². The van der Waals surface area contributed by atoms with Crippen LogP contribution in [0.4, 0.5) is 4.39 Å². The van der Waals surface area contributed by atoms with Gasteiger partial charge in [0.2, 0.25) is 0 Å². The summed E-state index contributed by atoms with van der Waals surface area (Å²) in [5, 5.41) is 2.70. The van der Waals surface area contributed by atoms with Crippen molar-refractivity contribution in [2.75, 3.05) is 0 Å². The van der Waals surface area contributed by atoms with Crippen LogP contribution in [0.1, 0.15) is 16.2 Å². The Labute approximate surface area is 135 Å². The van der Waals surface area contributed by atoms with E-state index in [1.807, 2.05) is 35.9 Å². The highest BCUT2D eigenvalue weighted by molar-refractivity contribution is 9.10. The molecule has 4 nitrogen and oxygen atoms in total. The average Bonchev–Trinajstić information content (AvgIpc) is 2.84. The summed E-state index contributed by atoms with van der Waals surface area (Å²) in [6.45, 7) is 0.232. The Kier molecular flexibility index (Phi) is 3.94. The Bertz CT molecular complexity index is 860. The van der Waals surface area contributed by atoms with Gasteiger partial charge in [-0.15, -0.1) is 0 Å². The van der Waals surface area contributed by atoms with Gasteiger partial charge in [-0.2, -0.15) is 0 Å². The highest BCUT2D eigenvalue weighted by atomic mass is 79.9. The summed E-state index contributed by atoms with van der Waals surface area (Å²) in [5.74, 6) is -0.304. The smallest absolute Gasteiger partial charge is 0.254 e. The monoisotopic (exact) mass is 361 g/mol. The summed E-state index contributed by atoms with van der Waals surface area (Å²) >= 11 is 3.23. The summed E-state index contributed by atoms with van der Waals surface area (Å²) in [6, 6.07) is 12.0. The largest absolute Gasteiger partial charge is 0.345 e. The van der Waals surface area contributed by atoms with E-state index in [-0.39, 0.29) is 12.1 Å². The molecule has 0 saturated carbocycles. The van der Waals surface area contributed by atoms with E-state index in [4.69, 9.17) is 0 Å². The first-order chi connectivity index (χ1) is 10.6. The van der Waals surface area contributed by atoms with Crippen molar-refractivity contribution < 1.29 is 9.18 Å². The quantitative estimate of drug-likeness (QED) is 0.776. The number of carbonyl (C=O) groups is 1. The van der Waals surface area contributed by atoms with E-state index in [9.17, 15) is 9.18 Å². The second-order valence-electron chi connectivity index (χ2n) is 4.88. The first-order valence-electron chi connectivity index (χ1n) is 6.70. The van der Waals surface area contributed by atoms with Gasteiger partial charge in [-0.25, -0.2) is 9.37 Å². The van der Waals surface area contributed by atoms with Gasteiger partial charge in [-0.1, -0.05) is 28.1 Å². The van der Waals surface area contributed by atoms with E-state index in [1.54, 1.807) is 6.07 Å². The van der Waals surface area contributed by atoms with Crippen molar-refractivity contribution in [3.63, 3.8) is 0 Å².